The molecule has 1 saturated carbocycles. The van der Waals surface area contributed by atoms with Gasteiger partial charge in [0.05, 0.1) is 10.1 Å². The fourth-order valence-corrected chi connectivity index (χ4v) is 9.37. The van der Waals surface area contributed by atoms with E-state index >= 15 is 4.39 Å². The molecule has 1 saturated heterocycles. The summed E-state index contributed by atoms with van der Waals surface area (Å²) in [4.78, 5) is -0.0348. The van der Waals surface area contributed by atoms with E-state index in [0.717, 1.165) is 18.2 Å². The predicted octanol–water partition coefficient (Wildman–Crippen LogP) is 4.56. The van der Waals surface area contributed by atoms with Crippen molar-refractivity contribution in [2.45, 2.75) is 60.0 Å². The molecule has 1 aliphatic heterocycles. The molecular formula is C22H24ClF2NO4S2. The molecule has 0 unspecified atom stereocenters. The number of benzene rings is 2. The van der Waals surface area contributed by atoms with E-state index < -0.39 is 47.5 Å². The van der Waals surface area contributed by atoms with Crippen molar-refractivity contribution in [1.29, 1.82) is 0 Å². The van der Waals surface area contributed by atoms with Gasteiger partial charge in [-0.1, -0.05) is 18.5 Å². The van der Waals surface area contributed by atoms with E-state index in [1.54, 1.807) is 6.92 Å². The Morgan fingerprint density at radius 3 is 2.50 bits per heavy atom. The minimum Gasteiger partial charge on any atom is -0.223 e. The molecule has 10 heteroatoms. The average molecular weight is 504 g/mol. The molecule has 5 nitrogen and oxygen atoms in total. The van der Waals surface area contributed by atoms with E-state index in [1.165, 1.54) is 24.3 Å². The molecule has 1 heterocycles. The minimum absolute atomic E-state index is 0.0119. The Kier molecular flexibility index (Phi) is 6.15. The maximum absolute atomic E-state index is 15.0. The maximum atomic E-state index is 15.0. The topological polar surface area (TPSA) is 80.3 Å². The van der Waals surface area contributed by atoms with Crippen molar-refractivity contribution in [3.63, 3.8) is 0 Å². The Morgan fingerprint density at radius 1 is 1.16 bits per heavy atom. The van der Waals surface area contributed by atoms with Crippen molar-refractivity contribution in [3.05, 3.63) is 64.7 Å². The Morgan fingerprint density at radius 2 is 1.84 bits per heavy atom. The first-order chi connectivity index (χ1) is 15.0. The second kappa shape index (κ2) is 8.34. The largest absolute Gasteiger partial charge is 0.223 e. The zero-order valence-electron chi connectivity index (χ0n) is 17.4. The lowest BCUT2D eigenvalue weighted by Gasteiger charge is -2.47. The van der Waals surface area contributed by atoms with Crippen molar-refractivity contribution < 1.29 is 25.6 Å². The lowest BCUT2D eigenvalue weighted by molar-refractivity contribution is 0.206. The number of hydrogen-bond acceptors (Lipinski definition) is 4. The third kappa shape index (κ3) is 3.87. The van der Waals surface area contributed by atoms with E-state index in [-0.39, 0.29) is 42.1 Å². The Labute approximate surface area is 192 Å². The number of fused-ring (bicyclic) bond motifs is 1. The molecule has 0 radical (unpaired) electrons. The van der Waals surface area contributed by atoms with Gasteiger partial charge in [0.1, 0.15) is 16.4 Å². The van der Waals surface area contributed by atoms with Gasteiger partial charge >= 0.3 is 0 Å². The summed E-state index contributed by atoms with van der Waals surface area (Å²) in [5, 5.41) is -0.304. The molecule has 0 amide bonds. The highest BCUT2D eigenvalue weighted by atomic mass is 35.5. The van der Waals surface area contributed by atoms with E-state index in [0.29, 0.717) is 11.4 Å². The van der Waals surface area contributed by atoms with Gasteiger partial charge in [0.15, 0.2) is 9.84 Å². The van der Waals surface area contributed by atoms with Crippen molar-refractivity contribution >= 4 is 31.5 Å². The molecule has 2 fully saturated rings. The van der Waals surface area contributed by atoms with Crippen molar-refractivity contribution in [1.82, 2.24) is 4.72 Å². The van der Waals surface area contributed by atoms with Crippen LogP contribution in [0.15, 0.2) is 47.4 Å². The van der Waals surface area contributed by atoms with Gasteiger partial charge in [-0.25, -0.2) is 30.3 Å². The van der Waals surface area contributed by atoms with Crippen LogP contribution in [0.2, 0.25) is 5.02 Å². The van der Waals surface area contributed by atoms with Crippen LogP contribution in [0.4, 0.5) is 8.78 Å². The molecule has 0 bridgehead atoms. The third-order valence-electron chi connectivity index (χ3n) is 6.85. The molecule has 2 aromatic rings. The SMILES string of the molecule is CC[C@H]1C[C@@H]2C[C@](c3cc(F)ccc3F)(S(=O)(=O)c3ccc(Cl)cc3)CC[C@@H]2NS1(=O)=O. The summed E-state index contributed by atoms with van der Waals surface area (Å²) in [6.45, 7) is 1.76. The highest BCUT2D eigenvalue weighted by molar-refractivity contribution is 7.92. The summed E-state index contributed by atoms with van der Waals surface area (Å²) in [5.74, 6) is -1.86. The second-order valence-electron chi connectivity index (χ2n) is 8.61. The number of nitrogens with one attached hydrogen (secondary N) is 1. The predicted molar refractivity (Wildman–Crippen MR) is 119 cm³/mol. The van der Waals surface area contributed by atoms with Gasteiger partial charge in [-0.15, -0.1) is 0 Å². The zero-order valence-corrected chi connectivity index (χ0v) is 19.8. The lowest BCUT2D eigenvalue weighted by atomic mass is 9.72. The van der Waals surface area contributed by atoms with E-state index in [2.05, 4.69) is 4.72 Å². The van der Waals surface area contributed by atoms with Crippen molar-refractivity contribution in [2.75, 3.05) is 0 Å². The van der Waals surface area contributed by atoms with Crippen LogP contribution in [0, 0.1) is 17.6 Å². The Hall–Kier alpha value is -1.55. The lowest BCUT2D eigenvalue weighted by Crippen LogP contribution is -2.57. The zero-order chi connectivity index (χ0) is 23.3. The monoisotopic (exact) mass is 503 g/mol. The summed E-state index contributed by atoms with van der Waals surface area (Å²) < 4.78 is 83.1. The van der Waals surface area contributed by atoms with Crippen LogP contribution in [-0.4, -0.2) is 28.1 Å². The number of halogens is 3. The molecule has 1 N–H and O–H groups in total. The van der Waals surface area contributed by atoms with Crippen LogP contribution in [-0.2, 0) is 24.6 Å². The molecule has 4 atom stereocenters. The van der Waals surface area contributed by atoms with Crippen LogP contribution in [0.25, 0.3) is 0 Å². The van der Waals surface area contributed by atoms with Crippen molar-refractivity contribution in [3.8, 4) is 0 Å². The van der Waals surface area contributed by atoms with Crippen molar-refractivity contribution in [2.24, 2.45) is 5.92 Å². The summed E-state index contributed by atoms with van der Waals surface area (Å²) >= 11 is 5.93. The molecule has 32 heavy (non-hydrogen) atoms. The summed E-state index contributed by atoms with van der Waals surface area (Å²) in [6, 6.07) is 8.02. The molecule has 4 rings (SSSR count). The summed E-state index contributed by atoms with van der Waals surface area (Å²) in [6.07, 6.45) is 0.791. The van der Waals surface area contributed by atoms with Gasteiger partial charge in [-0.2, -0.15) is 0 Å². The molecule has 174 valence electrons. The standard InChI is InChI=1S/C22H24ClF2NO4S2/c1-2-17-11-14-13-22(10-9-21(14)26-32(17,29)30,19-12-16(24)5-8-20(19)25)31(27,28)18-6-3-15(23)4-7-18/h3-8,12,14,17,21,26H,2,9-11,13H2,1H3/t14-,17+,21+,22-/m1/s1. The summed E-state index contributed by atoms with van der Waals surface area (Å²) in [7, 11) is -7.68. The Bertz CT molecular complexity index is 1240. The molecule has 0 spiro atoms. The first-order valence-corrected chi connectivity index (χ1v) is 13.9. The molecule has 0 aromatic heterocycles. The van der Waals surface area contributed by atoms with Gasteiger partial charge in [-0.05, 0) is 80.5 Å². The highest BCUT2D eigenvalue weighted by Crippen LogP contribution is 2.52. The quantitative estimate of drug-likeness (QED) is 0.663. The van der Waals surface area contributed by atoms with Gasteiger partial charge in [0.25, 0.3) is 0 Å². The maximum Gasteiger partial charge on any atom is 0.214 e. The number of hydrogen-bond donors (Lipinski definition) is 1. The molecular weight excluding hydrogens is 480 g/mol. The fourth-order valence-electron chi connectivity index (χ4n) is 5.17. The Balaban J connectivity index is 1.87. The molecule has 2 aromatic carbocycles. The number of rotatable bonds is 4. The average Bonchev–Trinajstić information content (AvgIpc) is 2.74. The minimum atomic E-state index is -4.18. The van der Waals surface area contributed by atoms with Gasteiger partial charge in [-0.3, -0.25) is 0 Å². The third-order valence-corrected chi connectivity index (χ3v) is 11.7. The summed E-state index contributed by atoms with van der Waals surface area (Å²) in [5.41, 5.74) is -0.215. The van der Waals surface area contributed by atoms with Crippen LogP contribution < -0.4 is 4.72 Å². The number of sulfone groups is 1. The van der Waals surface area contributed by atoms with E-state index in [1.807, 2.05) is 0 Å². The highest BCUT2D eigenvalue weighted by Gasteiger charge is 2.55. The smallest absolute Gasteiger partial charge is 0.214 e. The van der Waals surface area contributed by atoms with Gasteiger partial charge in [0, 0.05) is 16.6 Å². The van der Waals surface area contributed by atoms with Crippen LogP contribution in [0.5, 0.6) is 0 Å². The van der Waals surface area contributed by atoms with E-state index in [9.17, 15) is 21.2 Å². The second-order valence-corrected chi connectivity index (χ2v) is 13.3. The fraction of sp³-hybridized carbons (Fsp3) is 0.455. The first kappa shape index (κ1) is 23.6. The van der Waals surface area contributed by atoms with Crippen LogP contribution in [0.1, 0.15) is 44.6 Å². The van der Waals surface area contributed by atoms with E-state index in [4.69, 9.17) is 11.6 Å². The molecule has 1 aliphatic carbocycles. The van der Waals surface area contributed by atoms with Crippen LogP contribution >= 0.6 is 11.6 Å². The molecule has 2 aliphatic rings. The normalized spacial score (nSPS) is 29.9. The number of sulfonamides is 1. The first-order valence-electron chi connectivity index (χ1n) is 10.5. The van der Waals surface area contributed by atoms with Gasteiger partial charge in [0.2, 0.25) is 10.0 Å². The van der Waals surface area contributed by atoms with Gasteiger partial charge < -0.3 is 0 Å². The van der Waals surface area contributed by atoms with Crippen LogP contribution in [0.3, 0.4) is 0 Å².